The molecule has 6 heteroatoms. The zero-order valence-electron chi connectivity index (χ0n) is 10.6. The largest absolute Gasteiger partial charge is 0.481 e. The summed E-state index contributed by atoms with van der Waals surface area (Å²) in [5.74, 6) is -0.925. The van der Waals surface area contributed by atoms with Gasteiger partial charge in [-0.05, 0) is 24.6 Å². The van der Waals surface area contributed by atoms with Crippen molar-refractivity contribution in [3.05, 3.63) is 22.7 Å². The molecular weight excluding hydrogens is 268 g/mol. The molecule has 1 amide bonds. The molecule has 0 radical (unpaired) electrons. The maximum absolute atomic E-state index is 11.6. The SMILES string of the molecule is Cc1c(Cl)ccc2c1N(CCC(=O)O)CCC(=O)N2. The number of benzene rings is 1. The number of carbonyl (C=O) groups is 2. The summed E-state index contributed by atoms with van der Waals surface area (Å²) in [7, 11) is 0. The van der Waals surface area contributed by atoms with Crippen LogP contribution in [0.2, 0.25) is 5.02 Å². The lowest BCUT2D eigenvalue weighted by Crippen LogP contribution is -2.28. The number of fused-ring (bicyclic) bond motifs is 1. The molecule has 0 fully saturated rings. The number of halogens is 1. The molecule has 0 saturated carbocycles. The van der Waals surface area contributed by atoms with E-state index in [2.05, 4.69) is 5.32 Å². The van der Waals surface area contributed by atoms with Gasteiger partial charge >= 0.3 is 5.97 Å². The first kappa shape index (κ1) is 13.7. The number of carboxylic acids is 1. The molecule has 102 valence electrons. The van der Waals surface area contributed by atoms with Gasteiger partial charge in [0.05, 0.1) is 17.8 Å². The lowest BCUT2D eigenvalue weighted by atomic mass is 10.1. The molecule has 0 atom stereocenters. The topological polar surface area (TPSA) is 69.6 Å². The number of nitrogens with zero attached hydrogens (tertiary/aromatic N) is 1. The minimum absolute atomic E-state index is 0.0274. The number of amides is 1. The van der Waals surface area contributed by atoms with Crippen molar-refractivity contribution in [2.75, 3.05) is 23.3 Å². The molecule has 19 heavy (non-hydrogen) atoms. The normalized spacial score (nSPS) is 14.6. The van der Waals surface area contributed by atoms with E-state index in [-0.39, 0.29) is 12.3 Å². The van der Waals surface area contributed by atoms with Gasteiger partial charge in [0.2, 0.25) is 5.91 Å². The van der Waals surface area contributed by atoms with E-state index in [1.54, 1.807) is 12.1 Å². The lowest BCUT2D eigenvalue weighted by Gasteiger charge is -2.25. The molecule has 0 bridgehead atoms. The minimum atomic E-state index is -0.857. The number of nitrogens with one attached hydrogen (secondary N) is 1. The Labute approximate surface area is 116 Å². The first-order valence-electron chi connectivity index (χ1n) is 6.04. The van der Waals surface area contributed by atoms with Crippen LogP contribution in [0.5, 0.6) is 0 Å². The van der Waals surface area contributed by atoms with E-state index in [0.717, 1.165) is 11.3 Å². The van der Waals surface area contributed by atoms with Crippen molar-refractivity contribution in [1.29, 1.82) is 0 Å². The van der Waals surface area contributed by atoms with Gasteiger partial charge in [-0.15, -0.1) is 0 Å². The molecule has 1 heterocycles. The van der Waals surface area contributed by atoms with E-state index in [1.165, 1.54) is 0 Å². The highest BCUT2D eigenvalue weighted by Gasteiger charge is 2.22. The van der Waals surface area contributed by atoms with Crippen LogP contribution in [0.1, 0.15) is 18.4 Å². The fraction of sp³-hybridized carbons (Fsp3) is 0.385. The molecule has 1 aromatic carbocycles. The Balaban J connectivity index is 2.39. The molecule has 2 rings (SSSR count). The van der Waals surface area contributed by atoms with Gasteiger partial charge < -0.3 is 15.3 Å². The second-order valence-electron chi connectivity index (χ2n) is 4.50. The third kappa shape index (κ3) is 2.98. The Kier molecular flexibility index (Phi) is 3.95. The van der Waals surface area contributed by atoms with E-state index in [4.69, 9.17) is 16.7 Å². The number of carbonyl (C=O) groups excluding carboxylic acids is 1. The Morgan fingerprint density at radius 3 is 2.95 bits per heavy atom. The fourth-order valence-electron chi connectivity index (χ4n) is 2.20. The van der Waals surface area contributed by atoms with E-state index in [1.807, 2.05) is 11.8 Å². The highest BCUT2D eigenvalue weighted by Crippen LogP contribution is 2.36. The molecule has 0 aliphatic carbocycles. The van der Waals surface area contributed by atoms with Crippen LogP contribution >= 0.6 is 11.6 Å². The molecule has 5 nitrogen and oxygen atoms in total. The van der Waals surface area contributed by atoms with Crippen LogP contribution in [0.3, 0.4) is 0 Å². The average molecular weight is 283 g/mol. The first-order valence-corrected chi connectivity index (χ1v) is 6.42. The Morgan fingerprint density at radius 2 is 2.26 bits per heavy atom. The van der Waals surface area contributed by atoms with Crippen molar-refractivity contribution in [3.8, 4) is 0 Å². The van der Waals surface area contributed by atoms with Crippen molar-refractivity contribution in [2.45, 2.75) is 19.8 Å². The number of hydrogen-bond acceptors (Lipinski definition) is 3. The molecule has 0 spiro atoms. The maximum atomic E-state index is 11.6. The first-order chi connectivity index (χ1) is 8.99. The minimum Gasteiger partial charge on any atom is -0.481 e. The highest BCUT2D eigenvalue weighted by atomic mass is 35.5. The zero-order chi connectivity index (χ0) is 14.0. The van der Waals surface area contributed by atoms with Crippen molar-refractivity contribution >= 4 is 34.9 Å². The number of carboxylic acid groups (broad SMARTS) is 1. The van der Waals surface area contributed by atoms with Gasteiger partial charge in [0.25, 0.3) is 0 Å². The van der Waals surface area contributed by atoms with E-state index < -0.39 is 5.97 Å². The summed E-state index contributed by atoms with van der Waals surface area (Å²) in [5.41, 5.74) is 2.36. The van der Waals surface area contributed by atoms with Crippen LogP contribution in [-0.2, 0) is 9.59 Å². The number of hydrogen-bond donors (Lipinski definition) is 2. The predicted molar refractivity (Wildman–Crippen MR) is 73.9 cm³/mol. The summed E-state index contributed by atoms with van der Waals surface area (Å²) in [6, 6.07) is 3.48. The van der Waals surface area contributed by atoms with E-state index in [0.29, 0.717) is 30.2 Å². The van der Waals surface area contributed by atoms with Gasteiger partial charge in [-0.2, -0.15) is 0 Å². The highest BCUT2D eigenvalue weighted by molar-refractivity contribution is 6.32. The number of aliphatic carboxylic acids is 1. The average Bonchev–Trinajstić information content (AvgIpc) is 2.51. The maximum Gasteiger partial charge on any atom is 0.305 e. The lowest BCUT2D eigenvalue weighted by molar-refractivity contribution is -0.136. The third-order valence-corrected chi connectivity index (χ3v) is 3.57. The summed E-state index contributed by atoms with van der Waals surface area (Å²) in [5, 5.41) is 12.2. The van der Waals surface area contributed by atoms with Gasteiger partial charge in [-0.25, -0.2) is 0 Å². The zero-order valence-corrected chi connectivity index (χ0v) is 11.3. The predicted octanol–water partition coefficient (Wildman–Crippen LogP) is 2.27. The Bertz CT molecular complexity index is 531. The van der Waals surface area contributed by atoms with Crippen molar-refractivity contribution in [1.82, 2.24) is 0 Å². The fourth-order valence-corrected chi connectivity index (χ4v) is 2.35. The molecule has 1 aromatic rings. The molecule has 0 aromatic heterocycles. The van der Waals surface area contributed by atoms with Crippen LogP contribution in [0.25, 0.3) is 0 Å². The quantitative estimate of drug-likeness (QED) is 0.892. The molecular formula is C13H15ClN2O3. The van der Waals surface area contributed by atoms with Gasteiger partial charge in [-0.3, -0.25) is 9.59 Å². The van der Waals surface area contributed by atoms with E-state index in [9.17, 15) is 9.59 Å². The van der Waals surface area contributed by atoms with Gasteiger partial charge in [0, 0.05) is 24.5 Å². The van der Waals surface area contributed by atoms with Crippen LogP contribution in [0.15, 0.2) is 12.1 Å². The van der Waals surface area contributed by atoms with Crippen LogP contribution in [0.4, 0.5) is 11.4 Å². The Morgan fingerprint density at radius 1 is 1.53 bits per heavy atom. The van der Waals surface area contributed by atoms with Crippen molar-refractivity contribution < 1.29 is 14.7 Å². The van der Waals surface area contributed by atoms with Gasteiger partial charge in [0.15, 0.2) is 0 Å². The molecule has 1 aliphatic heterocycles. The standard InChI is InChI=1S/C13H15ClN2O3/c1-8-9(14)2-3-10-13(8)16(7-5-12(18)19)6-4-11(17)15-10/h2-3H,4-7H2,1H3,(H,15,17)(H,18,19). The summed E-state index contributed by atoms with van der Waals surface area (Å²) in [4.78, 5) is 24.3. The van der Waals surface area contributed by atoms with Crippen molar-refractivity contribution in [3.63, 3.8) is 0 Å². The summed E-state index contributed by atoms with van der Waals surface area (Å²) >= 11 is 6.11. The van der Waals surface area contributed by atoms with Gasteiger partial charge in [-0.1, -0.05) is 11.6 Å². The van der Waals surface area contributed by atoms with Gasteiger partial charge in [0.1, 0.15) is 0 Å². The third-order valence-electron chi connectivity index (χ3n) is 3.16. The number of rotatable bonds is 3. The summed E-state index contributed by atoms with van der Waals surface area (Å²) in [6.07, 6.45) is 0.366. The van der Waals surface area contributed by atoms with E-state index >= 15 is 0 Å². The van der Waals surface area contributed by atoms with Crippen LogP contribution in [-0.4, -0.2) is 30.1 Å². The molecule has 0 unspecified atom stereocenters. The number of anilines is 2. The summed E-state index contributed by atoms with van der Waals surface area (Å²) in [6.45, 7) is 2.72. The Hall–Kier alpha value is -1.75. The molecule has 0 saturated heterocycles. The second kappa shape index (κ2) is 5.48. The summed E-state index contributed by atoms with van der Waals surface area (Å²) < 4.78 is 0. The molecule has 2 N–H and O–H groups in total. The van der Waals surface area contributed by atoms with Crippen molar-refractivity contribution in [2.24, 2.45) is 0 Å². The molecule has 1 aliphatic rings. The monoisotopic (exact) mass is 282 g/mol. The second-order valence-corrected chi connectivity index (χ2v) is 4.90. The van der Waals surface area contributed by atoms with Crippen LogP contribution in [0, 0.1) is 6.92 Å². The van der Waals surface area contributed by atoms with Crippen LogP contribution < -0.4 is 10.2 Å². The smallest absolute Gasteiger partial charge is 0.305 e.